The van der Waals surface area contributed by atoms with Crippen molar-refractivity contribution >= 4 is 15.9 Å². The van der Waals surface area contributed by atoms with Crippen LogP contribution in [0.2, 0.25) is 0 Å². The van der Waals surface area contributed by atoms with Gasteiger partial charge in [-0.25, -0.2) is 4.39 Å². The van der Waals surface area contributed by atoms with Crippen LogP contribution in [-0.2, 0) is 6.42 Å². The maximum absolute atomic E-state index is 13.1. The molecule has 0 saturated carbocycles. The van der Waals surface area contributed by atoms with E-state index in [1.54, 1.807) is 12.1 Å². The van der Waals surface area contributed by atoms with Crippen LogP contribution in [0, 0.1) is 11.7 Å². The molecule has 0 radical (unpaired) electrons. The van der Waals surface area contributed by atoms with E-state index in [0.717, 1.165) is 25.1 Å². The van der Waals surface area contributed by atoms with Crippen molar-refractivity contribution in [2.75, 3.05) is 13.1 Å². The molecule has 1 fully saturated rings. The highest BCUT2D eigenvalue weighted by molar-refractivity contribution is 9.10. The molecule has 1 aliphatic rings. The van der Waals surface area contributed by atoms with Crippen LogP contribution in [0.3, 0.4) is 0 Å². The third-order valence-electron chi connectivity index (χ3n) is 2.98. The van der Waals surface area contributed by atoms with E-state index in [-0.39, 0.29) is 5.82 Å². The van der Waals surface area contributed by atoms with Gasteiger partial charge >= 0.3 is 0 Å². The molecule has 0 unspecified atom stereocenters. The Kier molecular flexibility index (Phi) is 3.13. The van der Waals surface area contributed by atoms with E-state index in [9.17, 15) is 4.39 Å². The molecule has 4 nitrogen and oxygen atoms in total. The Labute approximate surface area is 112 Å². The van der Waals surface area contributed by atoms with Crippen LogP contribution in [-0.4, -0.2) is 23.2 Å². The highest BCUT2D eigenvalue weighted by atomic mass is 79.9. The van der Waals surface area contributed by atoms with Crippen LogP contribution >= 0.6 is 15.9 Å². The summed E-state index contributed by atoms with van der Waals surface area (Å²) < 4.78 is 18.7. The zero-order valence-electron chi connectivity index (χ0n) is 9.49. The van der Waals surface area contributed by atoms with Gasteiger partial charge in [-0.3, -0.25) is 0 Å². The largest absolute Gasteiger partial charge is 0.339 e. The zero-order valence-corrected chi connectivity index (χ0v) is 11.1. The van der Waals surface area contributed by atoms with Crippen LogP contribution in [0.25, 0.3) is 11.4 Å². The van der Waals surface area contributed by atoms with Crippen LogP contribution in [0.1, 0.15) is 5.89 Å². The summed E-state index contributed by atoms with van der Waals surface area (Å²) in [6.07, 6.45) is 0.794. The highest BCUT2D eigenvalue weighted by Crippen LogP contribution is 2.23. The molecule has 1 saturated heterocycles. The van der Waals surface area contributed by atoms with E-state index >= 15 is 0 Å². The quantitative estimate of drug-likeness (QED) is 0.945. The molecule has 18 heavy (non-hydrogen) atoms. The molecular formula is C12H11BrFN3O. The lowest BCUT2D eigenvalue weighted by atomic mass is 10.00. The first kappa shape index (κ1) is 11.8. The first-order valence-electron chi connectivity index (χ1n) is 5.71. The van der Waals surface area contributed by atoms with Crippen molar-refractivity contribution in [3.63, 3.8) is 0 Å². The topological polar surface area (TPSA) is 51.0 Å². The number of hydrogen-bond acceptors (Lipinski definition) is 4. The van der Waals surface area contributed by atoms with Crippen molar-refractivity contribution in [2.24, 2.45) is 5.92 Å². The molecule has 1 aromatic heterocycles. The fraction of sp³-hybridized carbons (Fsp3) is 0.333. The standard InChI is InChI=1S/C12H11BrFN3O/c13-9-4-8(1-2-10(9)14)12-16-11(18-17-12)3-7-5-15-6-7/h1-2,4,7,15H,3,5-6H2. The van der Waals surface area contributed by atoms with Gasteiger partial charge < -0.3 is 9.84 Å². The predicted molar refractivity (Wildman–Crippen MR) is 67.5 cm³/mol. The summed E-state index contributed by atoms with van der Waals surface area (Å²) in [7, 11) is 0. The molecule has 0 atom stereocenters. The third-order valence-corrected chi connectivity index (χ3v) is 3.58. The monoisotopic (exact) mass is 311 g/mol. The third kappa shape index (κ3) is 2.30. The molecule has 1 N–H and O–H groups in total. The summed E-state index contributed by atoms with van der Waals surface area (Å²) in [6.45, 7) is 2.00. The number of benzene rings is 1. The van der Waals surface area contributed by atoms with Crippen molar-refractivity contribution in [1.29, 1.82) is 0 Å². The van der Waals surface area contributed by atoms with Gasteiger partial charge in [0.1, 0.15) is 5.82 Å². The summed E-state index contributed by atoms with van der Waals surface area (Å²) >= 11 is 3.14. The minimum absolute atomic E-state index is 0.303. The minimum atomic E-state index is -0.303. The molecular weight excluding hydrogens is 301 g/mol. The maximum atomic E-state index is 13.1. The Morgan fingerprint density at radius 3 is 2.94 bits per heavy atom. The summed E-state index contributed by atoms with van der Waals surface area (Å²) in [5, 5.41) is 7.11. The Balaban J connectivity index is 1.80. The second kappa shape index (κ2) is 4.78. The molecule has 3 rings (SSSR count). The average Bonchev–Trinajstić information content (AvgIpc) is 2.76. The molecule has 2 aromatic rings. The maximum Gasteiger partial charge on any atom is 0.227 e. The normalized spacial score (nSPS) is 15.7. The van der Waals surface area contributed by atoms with E-state index in [2.05, 4.69) is 31.4 Å². The fourth-order valence-electron chi connectivity index (χ4n) is 1.83. The second-order valence-corrected chi connectivity index (χ2v) is 5.22. The van der Waals surface area contributed by atoms with Crippen molar-refractivity contribution in [3.8, 4) is 11.4 Å². The van der Waals surface area contributed by atoms with E-state index in [1.807, 2.05) is 0 Å². The molecule has 0 amide bonds. The smallest absolute Gasteiger partial charge is 0.227 e. The van der Waals surface area contributed by atoms with Gasteiger partial charge in [-0.2, -0.15) is 4.98 Å². The van der Waals surface area contributed by atoms with Gasteiger partial charge in [0.25, 0.3) is 0 Å². The fourth-order valence-corrected chi connectivity index (χ4v) is 2.21. The van der Waals surface area contributed by atoms with Crippen molar-refractivity contribution in [3.05, 3.63) is 34.4 Å². The van der Waals surface area contributed by atoms with Crippen LogP contribution in [0.4, 0.5) is 4.39 Å². The second-order valence-electron chi connectivity index (χ2n) is 4.37. The Hall–Kier alpha value is -1.27. The van der Waals surface area contributed by atoms with Gasteiger partial charge in [-0.1, -0.05) is 5.16 Å². The molecule has 0 aliphatic carbocycles. The summed E-state index contributed by atoms with van der Waals surface area (Å²) in [5.74, 6) is 1.41. The number of nitrogens with one attached hydrogen (secondary N) is 1. The van der Waals surface area contributed by atoms with Crippen LogP contribution < -0.4 is 5.32 Å². The van der Waals surface area contributed by atoms with Gasteiger partial charge in [0.15, 0.2) is 0 Å². The number of halogens is 2. The minimum Gasteiger partial charge on any atom is -0.339 e. The number of aromatic nitrogens is 2. The Morgan fingerprint density at radius 1 is 1.44 bits per heavy atom. The summed E-state index contributed by atoms with van der Waals surface area (Å²) in [5.41, 5.74) is 0.741. The lowest BCUT2D eigenvalue weighted by Crippen LogP contribution is -2.43. The average molecular weight is 312 g/mol. The molecule has 6 heteroatoms. The summed E-state index contributed by atoms with van der Waals surface area (Å²) in [4.78, 5) is 4.32. The van der Waals surface area contributed by atoms with E-state index < -0.39 is 0 Å². The molecule has 0 spiro atoms. The molecule has 2 heterocycles. The van der Waals surface area contributed by atoms with Gasteiger partial charge in [-0.05, 0) is 53.1 Å². The van der Waals surface area contributed by atoms with Crippen molar-refractivity contribution in [1.82, 2.24) is 15.5 Å². The lowest BCUT2D eigenvalue weighted by molar-refractivity contribution is 0.296. The van der Waals surface area contributed by atoms with Gasteiger partial charge in [0.2, 0.25) is 11.7 Å². The van der Waals surface area contributed by atoms with Crippen molar-refractivity contribution in [2.45, 2.75) is 6.42 Å². The number of hydrogen-bond donors (Lipinski definition) is 1. The lowest BCUT2D eigenvalue weighted by Gasteiger charge is -2.25. The van der Waals surface area contributed by atoms with Crippen LogP contribution in [0.5, 0.6) is 0 Å². The predicted octanol–water partition coefficient (Wildman–Crippen LogP) is 2.40. The number of nitrogens with zero attached hydrogens (tertiary/aromatic N) is 2. The van der Waals surface area contributed by atoms with Crippen molar-refractivity contribution < 1.29 is 8.91 Å². The SMILES string of the molecule is Fc1ccc(-c2noc(CC3CNC3)n2)cc1Br. The number of rotatable bonds is 3. The zero-order chi connectivity index (χ0) is 12.5. The summed E-state index contributed by atoms with van der Waals surface area (Å²) in [6, 6.07) is 4.67. The molecule has 94 valence electrons. The van der Waals surface area contributed by atoms with Gasteiger partial charge in [0, 0.05) is 12.0 Å². The first-order valence-corrected chi connectivity index (χ1v) is 6.50. The highest BCUT2D eigenvalue weighted by Gasteiger charge is 2.20. The molecule has 1 aromatic carbocycles. The Morgan fingerprint density at radius 2 is 2.28 bits per heavy atom. The van der Waals surface area contributed by atoms with E-state index in [4.69, 9.17) is 4.52 Å². The molecule has 0 bridgehead atoms. The Bertz CT molecular complexity index is 568. The van der Waals surface area contributed by atoms with Gasteiger partial charge in [0.05, 0.1) is 4.47 Å². The first-order chi connectivity index (χ1) is 8.72. The molecule has 1 aliphatic heterocycles. The van der Waals surface area contributed by atoms with E-state index in [0.29, 0.717) is 22.1 Å². The van der Waals surface area contributed by atoms with E-state index in [1.165, 1.54) is 6.07 Å². The van der Waals surface area contributed by atoms with Gasteiger partial charge in [-0.15, -0.1) is 0 Å². The van der Waals surface area contributed by atoms with Crippen LogP contribution in [0.15, 0.2) is 27.2 Å².